The minimum atomic E-state index is -3.89. The second-order valence-corrected chi connectivity index (χ2v) is 8.16. The van der Waals surface area contributed by atoms with Crippen LogP contribution < -0.4 is 5.73 Å². The van der Waals surface area contributed by atoms with E-state index in [0.29, 0.717) is 43.8 Å². The first kappa shape index (κ1) is 23.2. The standard InChI is InChI=1S/C16H26N5O7P/c1-12(8-21-10-20-14-15(17)18-9-19-16(14)21)27-11-29(24,25)28-7-3-6-26-5-2-4-13(22)23/h9-10,12H,2-8,11H2,1H3,(H,22,23)(H,24,25)(H2,17,18,19)/t12-/m1/s1. The smallest absolute Gasteiger partial charge is 0.353 e. The maximum absolute atomic E-state index is 12.0. The van der Waals surface area contributed by atoms with Crippen molar-refractivity contribution in [3.8, 4) is 0 Å². The van der Waals surface area contributed by atoms with Gasteiger partial charge < -0.3 is 34.3 Å². The number of hydrogen-bond acceptors (Lipinski definition) is 9. The summed E-state index contributed by atoms with van der Waals surface area (Å²) in [5.74, 6) is -0.590. The fourth-order valence-electron chi connectivity index (χ4n) is 2.42. The van der Waals surface area contributed by atoms with Crippen LogP contribution in [0.5, 0.6) is 0 Å². The zero-order chi connectivity index (χ0) is 21.3. The van der Waals surface area contributed by atoms with Gasteiger partial charge in [-0.05, 0) is 19.8 Å². The van der Waals surface area contributed by atoms with E-state index in [9.17, 15) is 14.3 Å². The van der Waals surface area contributed by atoms with Crippen LogP contribution in [0.3, 0.4) is 0 Å². The van der Waals surface area contributed by atoms with Crippen molar-refractivity contribution < 1.29 is 33.4 Å². The number of nitrogen functional groups attached to an aromatic ring is 1. The van der Waals surface area contributed by atoms with Crippen molar-refractivity contribution >= 4 is 30.5 Å². The normalized spacial score (nSPS) is 14.7. The maximum atomic E-state index is 12.0. The lowest BCUT2D eigenvalue weighted by Gasteiger charge is -2.17. The van der Waals surface area contributed by atoms with Gasteiger partial charge in [-0.25, -0.2) is 15.0 Å². The predicted molar refractivity (Wildman–Crippen MR) is 103 cm³/mol. The zero-order valence-corrected chi connectivity index (χ0v) is 17.0. The maximum Gasteiger partial charge on any atom is 0.353 e. The van der Waals surface area contributed by atoms with Crippen molar-refractivity contribution in [2.75, 3.05) is 31.9 Å². The summed E-state index contributed by atoms with van der Waals surface area (Å²) in [7, 11) is -3.89. The molecule has 0 spiro atoms. The van der Waals surface area contributed by atoms with Crippen LogP contribution in [-0.4, -0.2) is 67.8 Å². The molecule has 0 aliphatic heterocycles. The Morgan fingerprint density at radius 1 is 1.28 bits per heavy atom. The molecule has 0 radical (unpaired) electrons. The highest BCUT2D eigenvalue weighted by Gasteiger charge is 2.21. The van der Waals surface area contributed by atoms with Crippen LogP contribution in [0.15, 0.2) is 12.7 Å². The highest BCUT2D eigenvalue weighted by molar-refractivity contribution is 7.52. The first-order valence-corrected chi connectivity index (χ1v) is 10.8. The number of hydrogen-bond donors (Lipinski definition) is 3. The summed E-state index contributed by atoms with van der Waals surface area (Å²) in [5, 5.41) is 8.50. The van der Waals surface area contributed by atoms with Gasteiger partial charge in [-0.15, -0.1) is 0 Å². The predicted octanol–water partition coefficient (Wildman–Crippen LogP) is 1.24. The van der Waals surface area contributed by atoms with Crippen molar-refractivity contribution in [3.05, 3.63) is 12.7 Å². The molecule has 0 saturated carbocycles. The Labute approximate surface area is 167 Å². The number of ether oxygens (including phenoxy) is 2. The molecule has 0 amide bonds. The molecule has 2 aromatic heterocycles. The van der Waals surface area contributed by atoms with Crippen molar-refractivity contribution in [1.82, 2.24) is 19.5 Å². The zero-order valence-electron chi connectivity index (χ0n) is 16.1. The Kier molecular flexibility index (Phi) is 8.93. The summed E-state index contributed by atoms with van der Waals surface area (Å²) in [6.45, 7) is 2.78. The summed E-state index contributed by atoms with van der Waals surface area (Å²) in [6, 6.07) is 0. The van der Waals surface area contributed by atoms with E-state index in [1.165, 1.54) is 6.33 Å². The van der Waals surface area contributed by atoms with E-state index in [0.717, 1.165) is 0 Å². The molecule has 0 aliphatic carbocycles. The molecule has 2 aromatic rings. The SMILES string of the molecule is C[C@H](Cn1cnc2c(N)ncnc21)OCP(=O)(O)OCCCOCCCC(=O)O. The minimum absolute atomic E-state index is 0.0345. The number of nitrogens with two attached hydrogens (primary N) is 1. The second-order valence-electron chi connectivity index (χ2n) is 6.37. The molecule has 1 unspecified atom stereocenters. The number of aromatic nitrogens is 4. The molecule has 12 nitrogen and oxygen atoms in total. The van der Waals surface area contributed by atoms with E-state index >= 15 is 0 Å². The van der Waals surface area contributed by atoms with Crippen LogP contribution in [-0.2, 0) is 29.9 Å². The minimum Gasteiger partial charge on any atom is -0.481 e. The molecule has 2 rings (SSSR count). The summed E-state index contributed by atoms with van der Waals surface area (Å²) in [5.41, 5.74) is 6.79. The van der Waals surface area contributed by atoms with Gasteiger partial charge in [0.15, 0.2) is 11.5 Å². The van der Waals surface area contributed by atoms with Gasteiger partial charge >= 0.3 is 13.6 Å². The Bertz CT molecular complexity index is 846. The Balaban J connectivity index is 1.65. The number of imidazole rings is 1. The van der Waals surface area contributed by atoms with Crippen LogP contribution in [0.25, 0.3) is 11.2 Å². The highest BCUT2D eigenvalue weighted by Crippen LogP contribution is 2.42. The first-order valence-electron chi connectivity index (χ1n) is 9.07. The van der Waals surface area contributed by atoms with E-state index in [2.05, 4.69) is 15.0 Å². The number of carboxylic acid groups (broad SMARTS) is 1. The molecule has 29 heavy (non-hydrogen) atoms. The molecule has 4 N–H and O–H groups in total. The third-order valence-corrected chi connectivity index (χ3v) is 4.87. The monoisotopic (exact) mass is 431 g/mol. The van der Waals surface area contributed by atoms with Gasteiger partial charge in [0.05, 0.1) is 25.6 Å². The number of fused-ring (bicyclic) bond motifs is 1. The van der Waals surface area contributed by atoms with Gasteiger partial charge in [0.1, 0.15) is 18.2 Å². The van der Waals surface area contributed by atoms with E-state index in [1.54, 1.807) is 17.8 Å². The largest absolute Gasteiger partial charge is 0.481 e. The van der Waals surface area contributed by atoms with Crippen molar-refractivity contribution in [2.24, 2.45) is 0 Å². The third-order valence-electron chi connectivity index (χ3n) is 3.81. The molecular weight excluding hydrogens is 405 g/mol. The average molecular weight is 431 g/mol. The molecule has 2 heterocycles. The molecule has 162 valence electrons. The molecule has 0 bridgehead atoms. The average Bonchev–Trinajstić information content (AvgIpc) is 3.06. The lowest BCUT2D eigenvalue weighted by atomic mass is 10.3. The van der Waals surface area contributed by atoms with Crippen LogP contribution in [0.4, 0.5) is 5.82 Å². The molecule has 0 aliphatic rings. The quantitative estimate of drug-likeness (QED) is 0.290. The van der Waals surface area contributed by atoms with Gasteiger partial charge in [-0.3, -0.25) is 9.36 Å². The number of carboxylic acids is 1. The lowest BCUT2D eigenvalue weighted by Crippen LogP contribution is -2.17. The van der Waals surface area contributed by atoms with Crippen molar-refractivity contribution in [1.29, 1.82) is 0 Å². The molecule has 0 saturated heterocycles. The fraction of sp³-hybridized carbons (Fsp3) is 0.625. The molecule has 0 aromatic carbocycles. The van der Waals surface area contributed by atoms with Gasteiger partial charge in [-0.2, -0.15) is 0 Å². The summed E-state index contributed by atoms with van der Waals surface area (Å²) < 4.78 is 29.4. The molecule has 13 heteroatoms. The van der Waals surface area contributed by atoms with E-state index < -0.39 is 26.0 Å². The third kappa shape index (κ3) is 8.03. The van der Waals surface area contributed by atoms with Crippen LogP contribution in [0.2, 0.25) is 0 Å². The van der Waals surface area contributed by atoms with Gasteiger partial charge in [0.25, 0.3) is 0 Å². The molecule has 2 atom stereocenters. The van der Waals surface area contributed by atoms with E-state index in [-0.39, 0.29) is 18.8 Å². The summed E-state index contributed by atoms with van der Waals surface area (Å²) in [4.78, 5) is 32.4. The van der Waals surface area contributed by atoms with Crippen LogP contribution in [0.1, 0.15) is 26.2 Å². The lowest BCUT2D eigenvalue weighted by molar-refractivity contribution is -0.137. The fourth-order valence-corrected chi connectivity index (χ4v) is 3.35. The number of nitrogens with zero attached hydrogens (tertiary/aromatic N) is 4. The number of aliphatic carboxylic acids is 1. The van der Waals surface area contributed by atoms with Gasteiger partial charge in [0, 0.05) is 19.6 Å². The highest BCUT2D eigenvalue weighted by atomic mass is 31.2. The summed E-state index contributed by atoms with van der Waals surface area (Å²) in [6.07, 6.45) is 2.93. The Hall–Kier alpha value is -2.11. The molecular formula is C16H26N5O7P. The Morgan fingerprint density at radius 2 is 2.03 bits per heavy atom. The Morgan fingerprint density at radius 3 is 2.79 bits per heavy atom. The number of anilines is 1. The van der Waals surface area contributed by atoms with Crippen LogP contribution >= 0.6 is 7.60 Å². The van der Waals surface area contributed by atoms with Gasteiger partial charge in [-0.1, -0.05) is 0 Å². The first-order chi connectivity index (χ1) is 13.8. The topological polar surface area (TPSA) is 172 Å². The van der Waals surface area contributed by atoms with E-state index in [4.69, 9.17) is 24.8 Å². The number of rotatable bonds is 14. The summed E-state index contributed by atoms with van der Waals surface area (Å²) >= 11 is 0. The number of carbonyl (C=O) groups is 1. The van der Waals surface area contributed by atoms with Crippen molar-refractivity contribution in [2.45, 2.75) is 38.8 Å². The van der Waals surface area contributed by atoms with Gasteiger partial charge in [0.2, 0.25) is 0 Å². The van der Waals surface area contributed by atoms with Crippen molar-refractivity contribution in [3.63, 3.8) is 0 Å². The van der Waals surface area contributed by atoms with E-state index in [1.807, 2.05) is 0 Å². The molecule has 0 fully saturated rings. The second kappa shape index (κ2) is 11.2. The van der Waals surface area contributed by atoms with Crippen LogP contribution in [0, 0.1) is 0 Å².